The summed E-state index contributed by atoms with van der Waals surface area (Å²) < 4.78 is 5.09. The zero-order valence-corrected chi connectivity index (χ0v) is 16.2. The summed E-state index contributed by atoms with van der Waals surface area (Å²) in [4.78, 5) is 36.1. The smallest absolute Gasteiger partial charge is 0.319 e. The van der Waals surface area contributed by atoms with E-state index in [9.17, 15) is 14.4 Å². The number of methoxy groups -OCH3 is 1. The van der Waals surface area contributed by atoms with Crippen LogP contribution in [0.5, 0.6) is 5.75 Å². The Morgan fingerprint density at radius 1 is 1.03 bits per heavy atom. The zero-order chi connectivity index (χ0) is 20.6. The molecule has 8 heteroatoms. The van der Waals surface area contributed by atoms with Crippen LogP contribution in [0.1, 0.15) is 28.8 Å². The van der Waals surface area contributed by atoms with Crippen molar-refractivity contribution in [2.75, 3.05) is 19.0 Å². The lowest BCUT2D eigenvalue weighted by atomic mass is 10.2. The van der Waals surface area contributed by atoms with Crippen LogP contribution in [0.25, 0.3) is 0 Å². The number of benzene rings is 2. The van der Waals surface area contributed by atoms with Crippen molar-refractivity contribution in [1.29, 1.82) is 0 Å². The highest BCUT2D eigenvalue weighted by Crippen LogP contribution is 2.19. The molecule has 0 spiro atoms. The first-order valence-corrected chi connectivity index (χ1v) is 9.39. The SMILES string of the molecule is COc1ccc(CNC(=O)CNC(=O)c2cccc(NC(=O)NC3CC3)c2)cc1. The average molecular weight is 396 g/mol. The number of hydrogen-bond acceptors (Lipinski definition) is 4. The maximum atomic E-state index is 12.3. The molecule has 2 aromatic carbocycles. The van der Waals surface area contributed by atoms with Crippen LogP contribution in [0.15, 0.2) is 48.5 Å². The molecule has 0 radical (unpaired) electrons. The lowest BCUT2D eigenvalue weighted by molar-refractivity contribution is -0.120. The zero-order valence-electron chi connectivity index (χ0n) is 16.2. The predicted octanol–water partition coefficient (Wildman–Crippen LogP) is 2.03. The van der Waals surface area contributed by atoms with Crippen molar-refractivity contribution in [3.05, 3.63) is 59.7 Å². The van der Waals surface area contributed by atoms with Crippen LogP contribution < -0.4 is 26.0 Å². The van der Waals surface area contributed by atoms with Crippen molar-refractivity contribution in [1.82, 2.24) is 16.0 Å². The van der Waals surface area contributed by atoms with Gasteiger partial charge in [0, 0.05) is 23.8 Å². The third kappa shape index (κ3) is 6.53. The number of rotatable bonds is 8. The molecule has 8 nitrogen and oxygen atoms in total. The minimum atomic E-state index is -0.393. The first-order valence-electron chi connectivity index (χ1n) is 9.39. The molecule has 29 heavy (non-hydrogen) atoms. The van der Waals surface area contributed by atoms with Crippen LogP contribution in [-0.2, 0) is 11.3 Å². The number of anilines is 1. The summed E-state index contributed by atoms with van der Waals surface area (Å²) in [6, 6.07) is 13.9. The molecule has 0 heterocycles. The second-order valence-corrected chi connectivity index (χ2v) is 6.76. The van der Waals surface area contributed by atoms with Gasteiger partial charge < -0.3 is 26.0 Å². The highest BCUT2D eigenvalue weighted by Gasteiger charge is 2.23. The minimum absolute atomic E-state index is 0.144. The number of nitrogens with one attached hydrogen (secondary N) is 4. The fourth-order valence-electron chi connectivity index (χ4n) is 2.59. The van der Waals surface area contributed by atoms with Crippen LogP contribution in [-0.4, -0.2) is 37.5 Å². The maximum absolute atomic E-state index is 12.3. The number of hydrogen-bond donors (Lipinski definition) is 4. The second-order valence-electron chi connectivity index (χ2n) is 6.76. The Labute approximate surface area is 169 Å². The molecule has 4 N–H and O–H groups in total. The molecule has 1 saturated carbocycles. The molecule has 0 aromatic heterocycles. The Hall–Kier alpha value is -3.55. The summed E-state index contributed by atoms with van der Waals surface area (Å²) in [5.74, 6) is 0.0530. The van der Waals surface area contributed by atoms with Gasteiger partial charge in [-0.15, -0.1) is 0 Å². The Bertz CT molecular complexity index is 879. The fourth-order valence-corrected chi connectivity index (χ4v) is 2.59. The van der Waals surface area contributed by atoms with Crippen LogP contribution in [0.4, 0.5) is 10.5 Å². The van der Waals surface area contributed by atoms with Gasteiger partial charge in [0.05, 0.1) is 13.7 Å². The highest BCUT2D eigenvalue weighted by molar-refractivity contribution is 5.98. The van der Waals surface area contributed by atoms with Gasteiger partial charge in [-0.1, -0.05) is 18.2 Å². The Kier molecular flexibility index (Phi) is 6.67. The lowest BCUT2D eigenvalue weighted by Gasteiger charge is -2.10. The van der Waals surface area contributed by atoms with Crippen LogP contribution in [0.2, 0.25) is 0 Å². The standard InChI is InChI=1S/C21H24N4O4/c1-29-18-9-5-14(6-10-18)12-22-19(26)13-23-20(27)15-3-2-4-17(11-15)25-21(28)24-16-7-8-16/h2-6,9-11,16H,7-8,12-13H2,1H3,(H,22,26)(H,23,27)(H2,24,25,28). The Balaban J connectivity index is 1.43. The molecule has 152 valence electrons. The molecule has 1 aliphatic carbocycles. The summed E-state index contributed by atoms with van der Waals surface area (Å²) in [5, 5.41) is 10.8. The molecular formula is C21H24N4O4. The summed E-state index contributed by atoms with van der Waals surface area (Å²) in [7, 11) is 1.59. The molecule has 0 atom stereocenters. The van der Waals surface area contributed by atoms with Crippen LogP contribution in [0.3, 0.4) is 0 Å². The largest absolute Gasteiger partial charge is 0.497 e. The van der Waals surface area contributed by atoms with E-state index >= 15 is 0 Å². The fraction of sp³-hybridized carbons (Fsp3) is 0.286. The molecule has 1 fully saturated rings. The monoisotopic (exact) mass is 396 g/mol. The number of ether oxygens (including phenoxy) is 1. The summed E-state index contributed by atoms with van der Waals surface area (Å²) in [6.07, 6.45) is 1.99. The van der Waals surface area contributed by atoms with E-state index < -0.39 is 5.91 Å². The maximum Gasteiger partial charge on any atom is 0.319 e. The molecule has 0 unspecified atom stereocenters. The van der Waals surface area contributed by atoms with E-state index in [1.54, 1.807) is 31.4 Å². The molecule has 1 aliphatic rings. The van der Waals surface area contributed by atoms with Gasteiger partial charge in [-0.3, -0.25) is 9.59 Å². The lowest BCUT2D eigenvalue weighted by Crippen LogP contribution is -2.36. The van der Waals surface area contributed by atoms with Crippen molar-refractivity contribution in [2.45, 2.75) is 25.4 Å². The summed E-state index contributed by atoms with van der Waals surface area (Å²) in [5.41, 5.74) is 1.80. The van der Waals surface area contributed by atoms with Gasteiger partial charge >= 0.3 is 6.03 Å². The van der Waals surface area contributed by atoms with E-state index in [2.05, 4.69) is 21.3 Å². The van der Waals surface area contributed by atoms with Gasteiger partial charge in [0.25, 0.3) is 5.91 Å². The van der Waals surface area contributed by atoms with Gasteiger partial charge in [0.1, 0.15) is 5.75 Å². The van der Waals surface area contributed by atoms with Crippen LogP contribution in [0, 0.1) is 0 Å². The van der Waals surface area contributed by atoms with E-state index in [0.717, 1.165) is 24.2 Å². The van der Waals surface area contributed by atoms with Gasteiger partial charge in [0.15, 0.2) is 0 Å². The topological polar surface area (TPSA) is 109 Å². The molecule has 2 aromatic rings. The molecular weight excluding hydrogens is 372 g/mol. The predicted molar refractivity (Wildman–Crippen MR) is 109 cm³/mol. The van der Waals surface area contributed by atoms with Gasteiger partial charge in [-0.25, -0.2) is 4.79 Å². The van der Waals surface area contributed by atoms with Crippen molar-refractivity contribution in [3.63, 3.8) is 0 Å². The van der Waals surface area contributed by atoms with Gasteiger partial charge in [-0.05, 0) is 48.7 Å². The van der Waals surface area contributed by atoms with Crippen molar-refractivity contribution in [3.8, 4) is 5.75 Å². The number of carbonyl (C=O) groups is 3. The Morgan fingerprint density at radius 2 is 1.79 bits per heavy atom. The van der Waals surface area contributed by atoms with Gasteiger partial charge in [-0.2, -0.15) is 0 Å². The molecule has 0 bridgehead atoms. The van der Waals surface area contributed by atoms with E-state index in [1.807, 2.05) is 24.3 Å². The van der Waals surface area contributed by atoms with Crippen molar-refractivity contribution >= 4 is 23.5 Å². The van der Waals surface area contributed by atoms with Crippen molar-refractivity contribution in [2.24, 2.45) is 0 Å². The van der Waals surface area contributed by atoms with E-state index in [4.69, 9.17) is 4.74 Å². The average Bonchev–Trinajstić information content (AvgIpc) is 3.54. The number of urea groups is 1. The number of amides is 4. The quantitative estimate of drug-likeness (QED) is 0.547. The minimum Gasteiger partial charge on any atom is -0.497 e. The van der Waals surface area contributed by atoms with Crippen LogP contribution >= 0.6 is 0 Å². The number of carbonyl (C=O) groups excluding carboxylic acids is 3. The molecule has 4 amide bonds. The molecule has 3 rings (SSSR count). The normalized spacial score (nSPS) is 12.6. The van der Waals surface area contributed by atoms with Crippen molar-refractivity contribution < 1.29 is 19.1 Å². The van der Waals surface area contributed by atoms with E-state index in [0.29, 0.717) is 17.8 Å². The van der Waals surface area contributed by atoms with E-state index in [1.165, 1.54) is 0 Å². The van der Waals surface area contributed by atoms with E-state index in [-0.39, 0.29) is 24.5 Å². The first kappa shape index (κ1) is 20.2. The summed E-state index contributed by atoms with van der Waals surface area (Å²) >= 11 is 0. The van der Waals surface area contributed by atoms with Gasteiger partial charge in [0.2, 0.25) is 5.91 Å². The first-order chi connectivity index (χ1) is 14.0. The second kappa shape index (κ2) is 9.59. The summed E-state index contributed by atoms with van der Waals surface area (Å²) in [6.45, 7) is 0.211. The third-order valence-corrected chi connectivity index (χ3v) is 4.35. The highest BCUT2D eigenvalue weighted by atomic mass is 16.5. The third-order valence-electron chi connectivity index (χ3n) is 4.35. The molecule has 0 saturated heterocycles. The Morgan fingerprint density at radius 3 is 2.48 bits per heavy atom. The molecule has 0 aliphatic heterocycles.